The van der Waals surface area contributed by atoms with Crippen LogP contribution < -0.4 is 14.4 Å². The van der Waals surface area contributed by atoms with Crippen LogP contribution in [0.3, 0.4) is 0 Å². The van der Waals surface area contributed by atoms with Crippen LogP contribution in [0.5, 0.6) is 5.75 Å². The van der Waals surface area contributed by atoms with Gasteiger partial charge in [0.05, 0.1) is 19.1 Å². The number of sulfonamides is 1. The largest absolute Gasteiger partial charge is 0.495 e. The van der Waals surface area contributed by atoms with Crippen molar-refractivity contribution < 1.29 is 22.7 Å². The molecule has 0 aromatic heterocycles. The van der Waals surface area contributed by atoms with E-state index in [0.717, 1.165) is 47.4 Å². The van der Waals surface area contributed by atoms with Gasteiger partial charge in [0.15, 0.2) is 0 Å². The molecule has 0 saturated heterocycles. The fourth-order valence-corrected chi connectivity index (χ4v) is 5.72. The smallest absolute Gasteiger partial charge is 0.244 e. The third kappa shape index (κ3) is 7.47. The van der Waals surface area contributed by atoms with E-state index in [-0.39, 0.29) is 24.2 Å². The summed E-state index contributed by atoms with van der Waals surface area (Å²) in [7, 11) is -2.38. The van der Waals surface area contributed by atoms with Crippen molar-refractivity contribution >= 4 is 27.5 Å². The van der Waals surface area contributed by atoms with Crippen LogP contribution in [0.2, 0.25) is 0 Å². The van der Waals surface area contributed by atoms with Crippen LogP contribution in [0.25, 0.3) is 0 Å². The van der Waals surface area contributed by atoms with E-state index in [1.807, 2.05) is 38.1 Å². The van der Waals surface area contributed by atoms with E-state index in [2.05, 4.69) is 5.32 Å². The van der Waals surface area contributed by atoms with Gasteiger partial charge in [-0.3, -0.25) is 13.9 Å². The first kappa shape index (κ1) is 28.5. The number of anilines is 1. The van der Waals surface area contributed by atoms with E-state index in [1.54, 1.807) is 24.3 Å². The first-order valence-electron chi connectivity index (χ1n) is 12.9. The summed E-state index contributed by atoms with van der Waals surface area (Å²) >= 11 is 0. The molecule has 0 bridgehead atoms. The molecule has 1 atom stereocenters. The molecule has 0 radical (unpaired) electrons. The predicted molar refractivity (Wildman–Crippen MR) is 146 cm³/mol. The average Bonchev–Trinajstić information content (AvgIpc) is 2.88. The number of amides is 2. The molecule has 0 aliphatic heterocycles. The summed E-state index contributed by atoms with van der Waals surface area (Å²) in [6, 6.07) is 13.8. The van der Waals surface area contributed by atoms with Crippen molar-refractivity contribution in [1.29, 1.82) is 0 Å². The Morgan fingerprint density at radius 3 is 2.32 bits per heavy atom. The second-order valence-corrected chi connectivity index (χ2v) is 11.6. The maximum Gasteiger partial charge on any atom is 0.244 e. The van der Waals surface area contributed by atoms with Gasteiger partial charge in [0.2, 0.25) is 21.8 Å². The number of rotatable bonds is 11. The van der Waals surface area contributed by atoms with Crippen molar-refractivity contribution in [3.8, 4) is 5.75 Å². The number of hydrogen-bond donors (Lipinski definition) is 1. The Kier molecular flexibility index (Phi) is 9.97. The second kappa shape index (κ2) is 12.9. The van der Waals surface area contributed by atoms with Gasteiger partial charge in [0.25, 0.3) is 0 Å². The van der Waals surface area contributed by atoms with Crippen molar-refractivity contribution in [1.82, 2.24) is 10.2 Å². The van der Waals surface area contributed by atoms with Crippen molar-refractivity contribution in [2.75, 3.05) is 24.2 Å². The molecule has 2 aromatic rings. The van der Waals surface area contributed by atoms with Crippen LogP contribution in [-0.4, -0.2) is 57.1 Å². The van der Waals surface area contributed by atoms with Crippen LogP contribution in [0.15, 0.2) is 48.5 Å². The van der Waals surface area contributed by atoms with E-state index in [4.69, 9.17) is 4.74 Å². The third-order valence-electron chi connectivity index (χ3n) is 6.97. The quantitative estimate of drug-likeness (QED) is 0.474. The summed E-state index contributed by atoms with van der Waals surface area (Å²) in [5, 5.41) is 3.15. The zero-order valence-corrected chi connectivity index (χ0v) is 23.1. The van der Waals surface area contributed by atoms with E-state index in [0.29, 0.717) is 12.2 Å². The minimum absolute atomic E-state index is 0.104. The summed E-state index contributed by atoms with van der Waals surface area (Å²) in [5.74, 6) is -0.307. The number of methoxy groups -OCH3 is 1. The second-order valence-electron chi connectivity index (χ2n) is 9.66. The monoisotopic (exact) mass is 529 g/mol. The number of hydrogen-bond acceptors (Lipinski definition) is 5. The minimum Gasteiger partial charge on any atom is -0.495 e. The van der Waals surface area contributed by atoms with Gasteiger partial charge in [0, 0.05) is 12.6 Å². The number of aryl methyl sites for hydroxylation is 1. The highest BCUT2D eigenvalue weighted by Crippen LogP contribution is 2.30. The standard InChI is InChI=1S/C28H39N3O5S/c1-5-24(28(33)29-23-15-7-6-8-16-23)30(19-22-14-10-9-13-21(22)2)27(32)20-31(37(4,34)35)25-17-11-12-18-26(25)36-3/h9-14,17-18,23-24H,5-8,15-16,19-20H2,1-4H3,(H,29,33)/t24-/m1/s1. The van der Waals surface area contributed by atoms with E-state index in [9.17, 15) is 18.0 Å². The topological polar surface area (TPSA) is 96.0 Å². The summed E-state index contributed by atoms with van der Waals surface area (Å²) in [4.78, 5) is 28.9. The Morgan fingerprint density at radius 1 is 1.05 bits per heavy atom. The Morgan fingerprint density at radius 2 is 1.70 bits per heavy atom. The van der Waals surface area contributed by atoms with Gasteiger partial charge in [-0.2, -0.15) is 0 Å². The molecule has 8 nitrogen and oxygen atoms in total. The SMILES string of the molecule is CC[C@H](C(=O)NC1CCCCC1)N(Cc1ccccc1C)C(=O)CN(c1ccccc1OC)S(C)(=O)=O. The number of carbonyl (C=O) groups excluding carboxylic acids is 2. The van der Waals surface area contributed by atoms with E-state index < -0.39 is 28.5 Å². The lowest BCUT2D eigenvalue weighted by molar-refractivity contribution is -0.140. The number of para-hydroxylation sites is 2. The lowest BCUT2D eigenvalue weighted by Gasteiger charge is -2.34. The van der Waals surface area contributed by atoms with Crippen LogP contribution in [0.4, 0.5) is 5.69 Å². The van der Waals surface area contributed by atoms with E-state index >= 15 is 0 Å². The fourth-order valence-electron chi connectivity index (χ4n) is 4.87. The summed E-state index contributed by atoms with van der Waals surface area (Å²) in [6.45, 7) is 3.58. The normalized spacial score (nSPS) is 15.0. The highest BCUT2D eigenvalue weighted by atomic mass is 32.2. The summed E-state index contributed by atoms with van der Waals surface area (Å²) in [5.41, 5.74) is 2.17. The Labute approximate surface area is 221 Å². The minimum atomic E-state index is -3.83. The van der Waals surface area contributed by atoms with Gasteiger partial charge in [0.1, 0.15) is 18.3 Å². The molecule has 2 amide bonds. The molecule has 9 heteroatoms. The summed E-state index contributed by atoms with van der Waals surface area (Å²) < 4.78 is 32.1. The molecule has 0 spiro atoms. The van der Waals surface area contributed by atoms with Gasteiger partial charge in [-0.05, 0) is 49.4 Å². The van der Waals surface area contributed by atoms with Gasteiger partial charge < -0.3 is 15.0 Å². The van der Waals surface area contributed by atoms with Crippen molar-refractivity contribution in [2.45, 2.75) is 71.0 Å². The number of nitrogens with one attached hydrogen (secondary N) is 1. The van der Waals surface area contributed by atoms with Crippen molar-refractivity contribution in [2.24, 2.45) is 0 Å². The van der Waals surface area contributed by atoms with Crippen LogP contribution >= 0.6 is 0 Å². The third-order valence-corrected chi connectivity index (χ3v) is 8.10. The van der Waals surface area contributed by atoms with Crippen LogP contribution in [0, 0.1) is 6.92 Å². The predicted octanol–water partition coefficient (Wildman–Crippen LogP) is 4.03. The number of ether oxygens (including phenoxy) is 1. The number of carbonyl (C=O) groups is 2. The number of nitrogens with zero attached hydrogens (tertiary/aromatic N) is 2. The molecule has 202 valence electrons. The maximum absolute atomic E-state index is 13.9. The van der Waals surface area contributed by atoms with Gasteiger partial charge >= 0.3 is 0 Å². The molecule has 1 aliphatic rings. The number of benzene rings is 2. The Hall–Kier alpha value is -3.07. The molecule has 0 unspecified atom stereocenters. The Bertz CT molecular complexity index is 1180. The highest BCUT2D eigenvalue weighted by molar-refractivity contribution is 7.92. The lowest BCUT2D eigenvalue weighted by Crippen LogP contribution is -2.54. The summed E-state index contributed by atoms with van der Waals surface area (Å²) in [6.07, 6.45) is 6.67. The highest BCUT2D eigenvalue weighted by Gasteiger charge is 2.33. The lowest BCUT2D eigenvalue weighted by atomic mass is 9.95. The first-order valence-corrected chi connectivity index (χ1v) is 14.8. The molecule has 2 aromatic carbocycles. The van der Waals surface area contributed by atoms with Gasteiger partial charge in [-0.1, -0.05) is 62.6 Å². The molecular weight excluding hydrogens is 490 g/mol. The fraction of sp³-hybridized carbons (Fsp3) is 0.500. The zero-order chi connectivity index (χ0) is 27.0. The molecule has 1 aliphatic carbocycles. The molecule has 1 saturated carbocycles. The van der Waals surface area contributed by atoms with Crippen molar-refractivity contribution in [3.63, 3.8) is 0 Å². The molecule has 0 heterocycles. The zero-order valence-electron chi connectivity index (χ0n) is 22.3. The van der Waals surface area contributed by atoms with E-state index in [1.165, 1.54) is 18.4 Å². The van der Waals surface area contributed by atoms with Crippen molar-refractivity contribution in [3.05, 3.63) is 59.7 Å². The van der Waals surface area contributed by atoms with Crippen LogP contribution in [-0.2, 0) is 26.2 Å². The molecule has 37 heavy (non-hydrogen) atoms. The van der Waals surface area contributed by atoms with Gasteiger partial charge in [-0.15, -0.1) is 0 Å². The molecule has 1 N–H and O–H groups in total. The molecule has 3 rings (SSSR count). The average molecular weight is 530 g/mol. The molecule has 1 fully saturated rings. The van der Waals surface area contributed by atoms with Gasteiger partial charge in [-0.25, -0.2) is 8.42 Å². The molecular formula is C28H39N3O5S. The van der Waals surface area contributed by atoms with Crippen LogP contribution in [0.1, 0.15) is 56.6 Å². The maximum atomic E-state index is 13.9. The Balaban J connectivity index is 1.95. The first-order chi connectivity index (χ1) is 17.7.